The predicted octanol–water partition coefficient (Wildman–Crippen LogP) is 7.50. The molecule has 1 fully saturated rings. The molecule has 1 aliphatic carbocycles. The molecule has 0 saturated heterocycles. The second-order valence-electron chi connectivity index (χ2n) is 18.7. The average Bonchev–Trinajstić information content (AvgIpc) is 3.51. The molecule has 1 unspecified atom stereocenters. The molecule has 1 saturated carbocycles. The zero-order valence-electron chi connectivity index (χ0n) is 39.2. The average molecular weight is 908 g/mol. The summed E-state index contributed by atoms with van der Waals surface area (Å²) in [6.45, 7) is 16.3. The number of fused-ring (bicyclic) bond motifs is 1. The minimum Gasteiger partial charge on any atom is -0.444 e. The molecule has 19 heteroatoms. The molecule has 64 heavy (non-hydrogen) atoms. The highest BCUT2D eigenvalue weighted by Crippen LogP contribution is 2.33. The summed E-state index contributed by atoms with van der Waals surface area (Å²) in [5, 5.41) is 38.6. The maximum absolute atomic E-state index is 14.0. The first-order chi connectivity index (χ1) is 30.2. The molecule has 1 aromatic heterocycles. The lowest BCUT2D eigenvalue weighted by Crippen LogP contribution is -2.49. The van der Waals surface area contributed by atoms with Gasteiger partial charge in [-0.2, -0.15) is 0 Å². The Balaban J connectivity index is 1.71. The summed E-state index contributed by atoms with van der Waals surface area (Å²) in [5.41, 5.74) is 2.75. The fraction of sp³-hybridized carbons (Fsp3) is 0.756. The topological polar surface area (TPSA) is 242 Å². The second kappa shape index (κ2) is 26.1. The Morgan fingerprint density at radius 1 is 0.922 bits per heavy atom. The number of aliphatic hydroxyl groups is 1. The number of carbonyl (C=O) groups is 3. The maximum atomic E-state index is 14.0. The number of benzene rings is 1. The number of carbonyl (C=O) groups excluding carboxylic acids is 3. The third-order valence-electron chi connectivity index (χ3n) is 11.9. The second-order valence-corrected chi connectivity index (χ2v) is 18.7. The summed E-state index contributed by atoms with van der Waals surface area (Å²) in [6, 6.07) is 5.62. The van der Waals surface area contributed by atoms with Crippen molar-refractivity contribution in [3.05, 3.63) is 55.8 Å². The fourth-order valence-electron chi connectivity index (χ4n) is 8.40. The Bertz CT molecular complexity index is 1790. The Morgan fingerprint density at radius 3 is 2.20 bits per heavy atom. The van der Waals surface area contributed by atoms with Crippen LogP contribution in [0.4, 0.5) is 9.59 Å². The summed E-state index contributed by atoms with van der Waals surface area (Å²) < 4.78 is 23.8. The number of hydrogen-bond acceptors (Lipinski definition) is 14. The summed E-state index contributed by atoms with van der Waals surface area (Å²) in [5.74, 6) is -0.918. The molecule has 3 rings (SSSR count). The number of nitrogens with zero attached hydrogens (tertiary/aromatic N) is 3. The monoisotopic (exact) mass is 908 g/mol. The van der Waals surface area contributed by atoms with Crippen molar-refractivity contribution in [1.82, 2.24) is 15.2 Å². The zero-order valence-corrected chi connectivity index (χ0v) is 39.2. The van der Waals surface area contributed by atoms with Gasteiger partial charge in [-0.1, -0.05) is 39.8 Å². The van der Waals surface area contributed by atoms with Crippen LogP contribution in [-0.4, -0.2) is 101 Å². The van der Waals surface area contributed by atoms with Gasteiger partial charge >= 0.3 is 12.2 Å². The number of alkyl carbamates (subject to hydrolysis) is 1. The van der Waals surface area contributed by atoms with Crippen LogP contribution >= 0.6 is 0 Å². The van der Waals surface area contributed by atoms with E-state index in [1.807, 2.05) is 13.8 Å². The molecule has 5 atom stereocenters. The zero-order chi connectivity index (χ0) is 47.6. The molecule has 19 nitrogen and oxygen atoms in total. The number of hydrogen-bond donors (Lipinski definition) is 3. The van der Waals surface area contributed by atoms with Crippen molar-refractivity contribution >= 4 is 29.1 Å². The van der Waals surface area contributed by atoms with Gasteiger partial charge in [-0.15, -0.1) is 20.2 Å². The van der Waals surface area contributed by atoms with Gasteiger partial charge in [0.25, 0.3) is 10.2 Å². The minimum atomic E-state index is -1.08. The van der Waals surface area contributed by atoms with Gasteiger partial charge in [-0.05, 0) is 120 Å². The van der Waals surface area contributed by atoms with Crippen LogP contribution < -0.4 is 10.6 Å². The van der Waals surface area contributed by atoms with Crippen LogP contribution in [0.25, 0.3) is 10.9 Å². The molecule has 1 aromatic carbocycles. The molecular weight excluding hydrogens is 835 g/mol. The molecule has 1 aliphatic rings. The molecule has 0 bridgehead atoms. The Morgan fingerprint density at radius 2 is 1.59 bits per heavy atom. The van der Waals surface area contributed by atoms with Crippen LogP contribution in [-0.2, 0) is 46.4 Å². The number of nitrogens with one attached hydrogen (secondary N) is 2. The quantitative estimate of drug-likeness (QED) is 0.0340. The van der Waals surface area contributed by atoms with Crippen LogP contribution in [0.3, 0.4) is 0 Å². The summed E-state index contributed by atoms with van der Waals surface area (Å²) in [4.78, 5) is 69.6. The van der Waals surface area contributed by atoms with Crippen molar-refractivity contribution in [3.8, 4) is 0 Å². The largest absolute Gasteiger partial charge is 0.508 e. The number of aryl methyl sites for hydroxylation is 2. The summed E-state index contributed by atoms with van der Waals surface area (Å²) >= 11 is 0. The van der Waals surface area contributed by atoms with Crippen molar-refractivity contribution in [2.24, 2.45) is 29.6 Å². The number of rotatable bonds is 27. The lowest BCUT2D eigenvalue weighted by atomic mass is 9.79. The normalized spacial score (nSPS) is 17.8. The third-order valence-corrected chi connectivity index (χ3v) is 11.9. The van der Waals surface area contributed by atoms with E-state index in [9.17, 15) is 39.7 Å². The number of aliphatic hydroxyl groups excluding tert-OH is 1. The van der Waals surface area contributed by atoms with E-state index in [2.05, 4.69) is 70.0 Å². The van der Waals surface area contributed by atoms with Crippen molar-refractivity contribution in [2.45, 2.75) is 156 Å². The van der Waals surface area contributed by atoms with E-state index in [0.29, 0.717) is 45.1 Å². The van der Waals surface area contributed by atoms with Crippen LogP contribution in [0.2, 0.25) is 0 Å². The molecule has 0 radical (unpaired) electrons. The number of aromatic nitrogens is 1. The van der Waals surface area contributed by atoms with Crippen molar-refractivity contribution in [3.63, 3.8) is 0 Å². The SMILES string of the molecule is COCCCn1cc(C)c2ccc(C[C@@H](C[C@H](NC(=O)OC(C)(C)C)[C@@H](O)C[C@H](C(=O)NC3CCC(C(CCO[N+](=O)[O-])OC(=O)OCCCO[N+](=O)[O-])CC3)C(C)C)C(C)C)cc21. The van der Waals surface area contributed by atoms with Gasteiger partial charge in [0, 0.05) is 62.2 Å². The first-order valence-corrected chi connectivity index (χ1v) is 22.6. The molecular formula is C45H73N5O14. The number of amides is 2. The molecule has 2 amide bonds. The lowest BCUT2D eigenvalue weighted by molar-refractivity contribution is -0.758. The molecule has 1 heterocycles. The third kappa shape index (κ3) is 18.7. The molecule has 362 valence electrons. The molecule has 0 aliphatic heterocycles. The highest BCUT2D eigenvalue weighted by Gasteiger charge is 2.36. The van der Waals surface area contributed by atoms with Crippen molar-refractivity contribution in [2.75, 3.05) is 33.5 Å². The first-order valence-electron chi connectivity index (χ1n) is 22.6. The Labute approximate surface area is 376 Å². The fourth-order valence-corrected chi connectivity index (χ4v) is 8.40. The van der Waals surface area contributed by atoms with Gasteiger partial charge in [0.05, 0.1) is 25.4 Å². The highest BCUT2D eigenvalue weighted by molar-refractivity contribution is 5.84. The van der Waals surface area contributed by atoms with E-state index in [4.69, 9.17) is 18.9 Å². The van der Waals surface area contributed by atoms with Crippen LogP contribution in [0.15, 0.2) is 24.4 Å². The van der Waals surface area contributed by atoms with Gasteiger partial charge in [-0.3, -0.25) is 4.79 Å². The van der Waals surface area contributed by atoms with E-state index in [1.165, 1.54) is 10.9 Å². The van der Waals surface area contributed by atoms with Crippen LogP contribution in [0.1, 0.15) is 117 Å². The van der Waals surface area contributed by atoms with E-state index >= 15 is 0 Å². The molecule has 3 N–H and O–H groups in total. The molecule has 2 aromatic rings. The first kappa shape index (κ1) is 53.4. The van der Waals surface area contributed by atoms with Crippen LogP contribution in [0.5, 0.6) is 0 Å². The smallest absolute Gasteiger partial charge is 0.444 e. The maximum Gasteiger partial charge on any atom is 0.508 e. The Kier molecular flexibility index (Phi) is 21.8. The summed E-state index contributed by atoms with van der Waals surface area (Å²) in [7, 11) is 1.70. The van der Waals surface area contributed by atoms with Gasteiger partial charge in [0.2, 0.25) is 5.91 Å². The summed E-state index contributed by atoms with van der Waals surface area (Å²) in [6.07, 6.45) is 3.02. The standard InChI is InChI=1S/C45H73N5O14/c1-29(2)34(24-32-12-17-36-31(5)28-48(39(36)25-32)19-10-20-59-9)26-38(47-43(53)64-45(6,7)8)40(51)27-37(30(3)4)42(52)46-35-15-13-33(14-16-35)41(18-23-62-50(57)58)63-44(54)60-21-11-22-61-49(55)56/h12,17,25,28-30,33-35,37-38,40-41,51H,10-11,13-16,18-24,26-27H2,1-9H3,(H,46,52)(H,47,53)/t33?,34-,35?,37-,38-,40-,41?/m0/s1. The highest BCUT2D eigenvalue weighted by atomic mass is 17.0. The minimum absolute atomic E-state index is 0.0318. The van der Waals surface area contributed by atoms with Gasteiger partial charge in [0.15, 0.2) is 0 Å². The van der Waals surface area contributed by atoms with E-state index < -0.39 is 52.2 Å². The van der Waals surface area contributed by atoms with Gasteiger partial charge in [-0.25, -0.2) is 9.59 Å². The van der Waals surface area contributed by atoms with Gasteiger partial charge < -0.3 is 48.9 Å². The van der Waals surface area contributed by atoms with E-state index in [0.717, 1.165) is 24.0 Å². The predicted molar refractivity (Wildman–Crippen MR) is 237 cm³/mol. The lowest BCUT2D eigenvalue weighted by Gasteiger charge is -2.35. The van der Waals surface area contributed by atoms with Gasteiger partial charge in [0.1, 0.15) is 18.3 Å². The number of ether oxygens (including phenoxy) is 4. The van der Waals surface area contributed by atoms with Crippen molar-refractivity contribution in [1.29, 1.82) is 0 Å². The van der Waals surface area contributed by atoms with Crippen LogP contribution in [0, 0.1) is 56.7 Å². The number of methoxy groups -OCH3 is 1. The molecule has 0 spiro atoms. The Hall–Kier alpha value is -4.91. The van der Waals surface area contributed by atoms with E-state index in [1.54, 1.807) is 27.9 Å². The van der Waals surface area contributed by atoms with Crippen molar-refractivity contribution < 1.29 is 58.3 Å². The van der Waals surface area contributed by atoms with E-state index in [-0.39, 0.29) is 74.7 Å².